The van der Waals surface area contributed by atoms with Crippen LogP contribution in [0.5, 0.6) is 0 Å². The Morgan fingerprint density at radius 2 is 1.90 bits per heavy atom. The molecule has 1 heterocycles. The summed E-state index contributed by atoms with van der Waals surface area (Å²) in [5, 5.41) is 13.9. The van der Waals surface area contributed by atoms with Crippen LogP contribution in [0.1, 0.15) is 22.0 Å². The van der Waals surface area contributed by atoms with Crippen LogP contribution in [0.3, 0.4) is 0 Å². The molecule has 0 unspecified atom stereocenters. The molecule has 0 saturated heterocycles. The third kappa shape index (κ3) is 5.36. The van der Waals surface area contributed by atoms with Crippen molar-refractivity contribution in [3.63, 3.8) is 0 Å². The molecular weight excluding hydrogens is 270 g/mol. The van der Waals surface area contributed by atoms with Gasteiger partial charge >= 0.3 is 0 Å². The third-order valence-electron chi connectivity index (χ3n) is 2.97. The predicted molar refractivity (Wildman–Crippen MR) is 82.0 cm³/mol. The van der Waals surface area contributed by atoms with Crippen molar-refractivity contribution >= 4 is 11.3 Å². The van der Waals surface area contributed by atoms with Gasteiger partial charge in [-0.1, -0.05) is 30.3 Å². The molecule has 1 N–H and O–H groups in total. The van der Waals surface area contributed by atoms with Gasteiger partial charge in [-0.2, -0.15) is 0 Å². The maximum atomic E-state index is 4.99. The van der Waals surface area contributed by atoms with Crippen molar-refractivity contribution in [2.24, 2.45) is 0 Å². The van der Waals surface area contributed by atoms with Crippen LogP contribution in [0.25, 0.3) is 0 Å². The van der Waals surface area contributed by atoms with Gasteiger partial charge < -0.3 is 10.1 Å². The Kier molecular flexibility index (Phi) is 6.63. The van der Waals surface area contributed by atoms with E-state index in [0.717, 1.165) is 49.0 Å². The molecular formula is C15H21N3OS. The summed E-state index contributed by atoms with van der Waals surface area (Å²) in [5.41, 5.74) is 1.39. The molecule has 0 amide bonds. The zero-order valence-corrected chi connectivity index (χ0v) is 12.7. The number of nitrogens with zero attached hydrogens (tertiary/aromatic N) is 2. The van der Waals surface area contributed by atoms with E-state index in [1.54, 1.807) is 18.4 Å². The molecule has 20 heavy (non-hydrogen) atoms. The Hall–Kier alpha value is -1.30. The first-order valence-corrected chi connectivity index (χ1v) is 7.75. The van der Waals surface area contributed by atoms with Crippen molar-refractivity contribution in [2.45, 2.75) is 25.8 Å². The van der Waals surface area contributed by atoms with Crippen molar-refractivity contribution in [3.05, 3.63) is 45.9 Å². The van der Waals surface area contributed by atoms with Crippen molar-refractivity contribution in [2.75, 3.05) is 20.3 Å². The lowest BCUT2D eigenvalue weighted by Crippen LogP contribution is -2.18. The fourth-order valence-electron chi connectivity index (χ4n) is 1.92. The molecule has 0 spiro atoms. The van der Waals surface area contributed by atoms with Gasteiger partial charge in [0, 0.05) is 26.6 Å². The summed E-state index contributed by atoms with van der Waals surface area (Å²) in [6.45, 7) is 2.35. The van der Waals surface area contributed by atoms with Crippen molar-refractivity contribution in [1.29, 1.82) is 0 Å². The first kappa shape index (κ1) is 15.1. The van der Waals surface area contributed by atoms with Gasteiger partial charge in [0.15, 0.2) is 0 Å². The fourth-order valence-corrected chi connectivity index (χ4v) is 2.77. The zero-order chi connectivity index (χ0) is 14.0. The van der Waals surface area contributed by atoms with Gasteiger partial charge in [0.1, 0.15) is 10.0 Å². The van der Waals surface area contributed by atoms with E-state index in [4.69, 9.17) is 4.74 Å². The summed E-state index contributed by atoms with van der Waals surface area (Å²) in [6.07, 6.45) is 3.22. The quantitative estimate of drug-likeness (QED) is 0.721. The van der Waals surface area contributed by atoms with Gasteiger partial charge in [0.2, 0.25) is 0 Å². The van der Waals surface area contributed by atoms with Crippen molar-refractivity contribution < 1.29 is 4.74 Å². The molecule has 2 rings (SSSR count). The van der Waals surface area contributed by atoms with Gasteiger partial charge in [-0.15, -0.1) is 21.5 Å². The first-order valence-electron chi connectivity index (χ1n) is 6.93. The molecule has 0 fully saturated rings. The zero-order valence-electron chi connectivity index (χ0n) is 11.8. The lowest BCUT2D eigenvalue weighted by atomic mass is 10.1. The summed E-state index contributed by atoms with van der Waals surface area (Å²) >= 11 is 1.70. The average molecular weight is 291 g/mol. The number of hydrogen-bond acceptors (Lipinski definition) is 5. The van der Waals surface area contributed by atoms with E-state index >= 15 is 0 Å². The Morgan fingerprint density at radius 3 is 2.70 bits per heavy atom. The minimum Gasteiger partial charge on any atom is -0.383 e. The van der Waals surface area contributed by atoms with Crippen LogP contribution in [-0.4, -0.2) is 30.5 Å². The predicted octanol–water partition coefficient (Wildman–Crippen LogP) is 2.45. The summed E-state index contributed by atoms with van der Waals surface area (Å²) in [6, 6.07) is 10.6. The number of aromatic nitrogens is 2. The second-order valence-electron chi connectivity index (χ2n) is 4.60. The lowest BCUT2D eigenvalue weighted by molar-refractivity contribution is 0.199. The Balaban J connectivity index is 1.67. The summed E-state index contributed by atoms with van der Waals surface area (Å²) in [5.74, 6) is 0. The van der Waals surface area contributed by atoms with E-state index in [9.17, 15) is 0 Å². The normalized spacial score (nSPS) is 10.8. The molecule has 1 aromatic carbocycles. The van der Waals surface area contributed by atoms with E-state index in [0.29, 0.717) is 0 Å². The largest absolute Gasteiger partial charge is 0.383 e. The summed E-state index contributed by atoms with van der Waals surface area (Å²) < 4.78 is 4.99. The molecule has 0 aliphatic heterocycles. The first-order chi connectivity index (χ1) is 9.88. The number of rotatable bonds is 9. The van der Waals surface area contributed by atoms with Crippen LogP contribution < -0.4 is 5.32 Å². The van der Waals surface area contributed by atoms with Crippen LogP contribution in [0.15, 0.2) is 30.3 Å². The molecule has 5 heteroatoms. The second-order valence-corrected chi connectivity index (χ2v) is 5.74. The van der Waals surface area contributed by atoms with Gasteiger partial charge in [-0.25, -0.2) is 0 Å². The van der Waals surface area contributed by atoms with Crippen LogP contribution in [0.4, 0.5) is 0 Å². The van der Waals surface area contributed by atoms with Gasteiger partial charge in [0.25, 0.3) is 0 Å². The highest BCUT2D eigenvalue weighted by atomic mass is 32.1. The molecule has 2 aromatic rings. The van der Waals surface area contributed by atoms with E-state index in [1.165, 1.54) is 5.56 Å². The van der Waals surface area contributed by atoms with E-state index < -0.39 is 0 Å². The van der Waals surface area contributed by atoms with Crippen LogP contribution in [0.2, 0.25) is 0 Å². The van der Waals surface area contributed by atoms with Gasteiger partial charge in [-0.3, -0.25) is 0 Å². The monoisotopic (exact) mass is 291 g/mol. The minimum absolute atomic E-state index is 0.725. The van der Waals surface area contributed by atoms with Gasteiger partial charge in [0.05, 0.1) is 6.61 Å². The Bertz CT molecular complexity index is 487. The highest BCUT2D eigenvalue weighted by molar-refractivity contribution is 7.11. The average Bonchev–Trinajstić information content (AvgIpc) is 2.93. The van der Waals surface area contributed by atoms with Gasteiger partial charge in [-0.05, 0) is 18.4 Å². The number of ether oxygens (including phenoxy) is 1. The Labute approximate surface area is 124 Å². The number of benzene rings is 1. The van der Waals surface area contributed by atoms with Crippen molar-refractivity contribution in [1.82, 2.24) is 15.5 Å². The molecule has 1 aromatic heterocycles. The molecule has 0 aliphatic rings. The summed E-state index contributed by atoms with van der Waals surface area (Å²) in [4.78, 5) is 0. The topological polar surface area (TPSA) is 47.0 Å². The maximum absolute atomic E-state index is 4.99. The molecule has 0 aliphatic carbocycles. The highest BCUT2D eigenvalue weighted by Gasteiger charge is 2.04. The minimum atomic E-state index is 0.725. The molecule has 4 nitrogen and oxygen atoms in total. The molecule has 108 valence electrons. The number of methoxy groups -OCH3 is 1. The maximum Gasteiger partial charge on any atom is 0.131 e. The molecule has 0 bridgehead atoms. The molecule has 0 radical (unpaired) electrons. The number of nitrogens with one attached hydrogen (secondary N) is 1. The van der Waals surface area contributed by atoms with Crippen molar-refractivity contribution in [3.8, 4) is 0 Å². The van der Waals surface area contributed by atoms with Crippen LogP contribution >= 0.6 is 11.3 Å². The SMILES string of the molecule is COCCNCc1nnc(CCCc2ccccc2)s1. The smallest absolute Gasteiger partial charge is 0.131 e. The number of hydrogen-bond donors (Lipinski definition) is 1. The molecule has 0 saturated carbocycles. The Morgan fingerprint density at radius 1 is 1.10 bits per heavy atom. The second kappa shape index (κ2) is 8.79. The standard InChI is InChI=1S/C15H21N3OS/c1-19-11-10-16-12-15-18-17-14(20-15)9-5-8-13-6-3-2-4-7-13/h2-4,6-7,16H,5,8-12H2,1H3. The van der Waals surface area contributed by atoms with Crippen LogP contribution in [0, 0.1) is 0 Å². The highest BCUT2D eigenvalue weighted by Crippen LogP contribution is 2.13. The number of aryl methyl sites for hydroxylation is 2. The lowest BCUT2D eigenvalue weighted by Gasteiger charge is -1.99. The summed E-state index contributed by atoms with van der Waals surface area (Å²) in [7, 11) is 1.71. The molecule has 0 atom stereocenters. The van der Waals surface area contributed by atoms with E-state index in [1.807, 2.05) is 0 Å². The third-order valence-corrected chi connectivity index (χ3v) is 3.95. The fraction of sp³-hybridized carbons (Fsp3) is 0.467. The van der Waals surface area contributed by atoms with E-state index in [2.05, 4.69) is 45.8 Å². The van der Waals surface area contributed by atoms with E-state index in [-0.39, 0.29) is 0 Å². The van der Waals surface area contributed by atoms with Crippen LogP contribution in [-0.2, 0) is 24.1 Å².